The van der Waals surface area contributed by atoms with Crippen LogP contribution in [0.1, 0.15) is 25.8 Å². The van der Waals surface area contributed by atoms with E-state index in [-0.39, 0.29) is 5.82 Å². The number of ether oxygens (including phenoxy) is 1. The van der Waals surface area contributed by atoms with Crippen molar-refractivity contribution in [3.05, 3.63) is 34.1 Å². The van der Waals surface area contributed by atoms with Crippen molar-refractivity contribution in [1.82, 2.24) is 5.32 Å². The van der Waals surface area contributed by atoms with E-state index in [1.165, 1.54) is 12.1 Å². The molecule has 0 radical (unpaired) electrons. The number of rotatable bonds is 7. The average molecular weight is 304 g/mol. The van der Waals surface area contributed by atoms with Gasteiger partial charge < -0.3 is 10.1 Å². The summed E-state index contributed by atoms with van der Waals surface area (Å²) in [5.41, 5.74) is 0.975. The lowest BCUT2D eigenvalue weighted by Gasteiger charge is -2.09. The van der Waals surface area contributed by atoms with Crippen LogP contribution in [0.5, 0.6) is 0 Å². The van der Waals surface area contributed by atoms with Crippen LogP contribution < -0.4 is 5.32 Å². The molecule has 0 spiro atoms. The number of benzene rings is 1. The summed E-state index contributed by atoms with van der Waals surface area (Å²) in [4.78, 5) is 0. The third-order valence-electron chi connectivity index (χ3n) is 2.29. The van der Waals surface area contributed by atoms with E-state index in [2.05, 4.69) is 35.1 Å². The molecular formula is C13H19BrFNO. The smallest absolute Gasteiger partial charge is 0.124 e. The Morgan fingerprint density at radius 2 is 2.18 bits per heavy atom. The summed E-state index contributed by atoms with van der Waals surface area (Å²) >= 11 is 3.32. The summed E-state index contributed by atoms with van der Waals surface area (Å²) in [5, 5.41) is 3.32. The fourth-order valence-corrected chi connectivity index (χ4v) is 1.85. The number of hydrogen-bond donors (Lipinski definition) is 1. The predicted molar refractivity (Wildman–Crippen MR) is 71.5 cm³/mol. The molecule has 0 aliphatic rings. The van der Waals surface area contributed by atoms with Crippen molar-refractivity contribution in [3.8, 4) is 0 Å². The van der Waals surface area contributed by atoms with E-state index < -0.39 is 0 Å². The summed E-state index contributed by atoms with van der Waals surface area (Å²) in [6, 6.07) is 5.16. The lowest BCUT2D eigenvalue weighted by atomic mass is 10.2. The van der Waals surface area contributed by atoms with Crippen LogP contribution in [-0.2, 0) is 11.3 Å². The number of nitrogens with one attached hydrogen (secondary N) is 1. The molecule has 0 aliphatic carbocycles. The van der Waals surface area contributed by atoms with Crippen molar-refractivity contribution in [2.75, 3.05) is 13.2 Å². The molecule has 0 saturated heterocycles. The van der Waals surface area contributed by atoms with Gasteiger partial charge in [0.15, 0.2) is 0 Å². The van der Waals surface area contributed by atoms with E-state index in [0.29, 0.717) is 19.3 Å². The van der Waals surface area contributed by atoms with Gasteiger partial charge in [-0.25, -0.2) is 4.39 Å². The minimum absolute atomic E-state index is 0.234. The second-order valence-corrected chi connectivity index (χ2v) is 5.11. The van der Waals surface area contributed by atoms with Crippen molar-refractivity contribution in [1.29, 1.82) is 0 Å². The Kier molecular flexibility index (Phi) is 6.70. The Morgan fingerprint density at radius 1 is 1.41 bits per heavy atom. The molecule has 0 aromatic heterocycles. The van der Waals surface area contributed by atoms with Crippen LogP contribution in [0.15, 0.2) is 22.7 Å². The first-order valence-electron chi connectivity index (χ1n) is 5.84. The summed E-state index contributed by atoms with van der Waals surface area (Å²) in [7, 11) is 0. The zero-order valence-corrected chi connectivity index (χ0v) is 11.9. The van der Waals surface area contributed by atoms with Gasteiger partial charge in [-0.2, -0.15) is 0 Å². The van der Waals surface area contributed by atoms with Crippen molar-refractivity contribution in [3.63, 3.8) is 0 Å². The first-order chi connectivity index (χ1) is 8.09. The van der Waals surface area contributed by atoms with E-state index in [0.717, 1.165) is 23.0 Å². The number of halogens is 2. The molecule has 2 nitrogen and oxygen atoms in total. The van der Waals surface area contributed by atoms with Crippen molar-refractivity contribution in [2.24, 2.45) is 0 Å². The lowest BCUT2D eigenvalue weighted by molar-refractivity contribution is 0.117. The lowest BCUT2D eigenvalue weighted by Crippen LogP contribution is -2.24. The van der Waals surface area contributed by atoms with E-state index in [9.17, 15) is 4.39 Å². The summed E-state index contributed by atoms with van der Waals surface area (Å²) in [6.07, 6.45) is 0.983. The van der Waals surface area contributed by atoms with Crippen molar-refractivity contribution < 1.29 is 9.13 Å². The van der Waals surface area contributed by atoms with Gasteiger partial charge in [0.25, 0.3) is 0 Å². The van der Waals surface area contributed by atoms with E-state index in [1.807, 2.05) is 0 Å². The number of hydrogen-bond acceptors (Lipinski definition) is 2. The predicted octanol–water partition coefficient (Wildman–Crippen LogP) is 3.49. The molecule has 0 fully saturated rings. The molecule has 1 rings (SSSR count). The molecule has 0 atom stereocenters. The van der Waals surface area contributed by atoms with Gasteiger partial charge in [0.2, 0.25) is 0 Å². The van der Waals surface area contributed by atoms with Gasteiger partial charge >= 0.3 is 0 Å². The minimum Gasteiger partial charge on any atom is -0.377 e. The maximum absolute atomic E-state index is 12.8. The quantitative estimate of drug-likeness (QED) is 0.779. The highest BCUT2D eigenvalue weighted by molar-refractivity contribution is 9.10. The molecule has 0 aliphatic heterocycles. The van der Waals surface area contributed by atoms with Crippen LogP contribution >= 0.6 is 15.9 Å². The minimum atomic E-state index is -0.234. The van der Waals surface area contributed by atoms with Gasteiger partial charge in [-0.1, -0.05) is 35.8 Å². The van der Waals surface area contributed by atoms with Crippen molar-refractivity contribution in [2.45, 2.75) is 32.9 Å². The van der Waals surface area contributed by atoms with E-state index >= 15 is 0 Å². The summed E-state index contributed by atoms with van der Waals surface area (Å²) in [5.74, 6) is -0.234. The highest BCUT2D eigenvalue weighted by Crippen LogP contribution is 2.18. The van der Waals surface area contributed by atoms with Crippen LogP contribution in [0.4, 0.5) is 4.39 Å². The second kappa shape index (κ2) is 7.80. The Morgan fingerprint density at radius 3 is 2.82 bits per heavy atom. The highest BCUT2D eigenvalue weighted by atomic mass is 79.9. The zero-order valence-electron chi connectivity index (χ0n) is 10.3. The normalized spacial score (nSPS) is 11.1. The van der Waals surface area contributed by atoms with Gasteiger partial charge in [0.05, 0.1) is 6.61 Å². The van der Waals surface area contributed by atoms with Crippen molar-refractivity contribution >= 4 is 15.9 Å². The largest absolute Gasteiger partial charge is 0.377 e. The standard InChI is InChI=1S/C13H19BrFNO/c1-10(2)16-6-3-7-17-9-11-4-5-12(15)8-13(11)14/h4-5,8,10,16H,3,6-7,9H2,1-2H3. The molecule has 0 bridgehead atoms. The molecule has 0 unspecified atom stereocenters. The monoisotopic (exact) mass is 303 g/mol. The molecule has 1 aromatic carbocycles. The molecule has 0 amide bonds. The third-order valence-corrected chi connectivity index (χ3v) is 3.03. The first-order valence-corrected chi connectivity index (χ1v) is 6.64. The highest BCUT2D eigenvalue weighted by Gasteiger charge is 2.01. The Balaban J connectivity index is 2.18. The maximum atomic E-state index is 12.8. The molecular weight excluding hydrogens is 285 g/mol. The SMILES string of the molecule is CC(C)NCCCOCc1ccc(F)cc1Br. The molecule has 96 valence electrons. The molecule has 1 aromatic rings. The van der Waals surface area contributed by atoms with Crippen LogP contribution in [0.3, 0.4) is 0 Å². The van der Waals surface area contributed by atoms with Gasteiger partial charge in [-0.15, -0.1) is 0 Å². The summed E-state index contributed by atoms with van der Waals surface area (Å²) in [6.45, 7) is 6.43. The van der Waals surface area contributed by atoms with Gasteiger partial charge in [-0.05, 0) is 30.7 Å². The van der Waals surface area contributed by atoms with Gasteiger partial charge in [0.1, 0.15) is 5.82 Å². The Labute approximate surface area is 111 Å². The van der Waals surface area contributed by atoms with Crippen LogP contribution in [0, 0.1) is 5.82 Å². The Hall–Kier alpha value is -0.450. The van der Waals surface area contributed by atoms with Crippen LogP contribution in [0.25, 0.3) is 0 Å². The van der Waals surface area contributed by atoms with Crippen LogP contribution in [0.2, 0.25) is 0 Å². The van der Waals surface area contributed by atoms with Crippen LogP contribution in [-0.4, -0.2) is 19.2 Å². The van der Waals surface area contributed by atoms with E-state index in [4.69, 9.17) is 4.74 Å². The average Bonchev–Trinajstić information content (AvgIpc) is 2.25. The fraction of sp³-hybridized carbons (Fsp3) is 0.538. The van der Waals surface area contributed by atoms with Gasteiger partial charge in [0, 0.05) is 17.1 Å². The topological polar surface area (TPSA) is 21.3 Å². The molecule has 17 heavy (non-hydrogen) atoms. The third kappa shape index (κ3) is 6.15. The maximum Gasteiger partial charge on any atom is 0.124 e. The summed E-state index contributed by atoms with van der Waals surface area (Å²) < 4.78 is 19.1. The molecule has 0 heterocycles. The first kappa shape index (κ1) is 14.6. The molecule has 4 heteroatoms. The molecule has 1 N–H and O–H groups in total. The van der Waals surface area contributed by atoms with E-state index in [1.54, 1.807) is 6.07 Å². The Bertz CT molecular complexity index is 344. The molecule has 0 saturated carbocycles. The zero-order chi connectivity index (χ0) is 12.7. The van der Waals surface area contributed by atoms with Gasteiger partial charge in [-0.3, -0.25) is 0 Å². The fourth-order valence-electron chi connectivity index (χ4n) is 1.39. The second-order valence-electron chi connectivity index (χ2n) is 4.25.